The van der Waals surface area contributed by atoms with Crippen molar-refractivity contribution >= 4 is 18.5 Å². The van der Waals surface area contributed by atoms with Crippen molar-refractivity contribution in [1.29, 1.82) is 0 Å². The maximum absolute atomic E-state index is 11.5. The molecule has 14 heavy (non-hydrogen) atoms. The highest BCUT2D eigenvalue weighted by atomic mass is 32.1. The highest BCUT2D eigenvalue weighted by Gasteiger charge is 2.06. The van der Waals surface area contributed by atoms with Crippen LogP contribution in [0.2, 0.25) is 0 Å². The maximum atomic E-state index is 11.5. The predicted molar refractivity (Wildman–Crippen MR) is 60.8 cm³/mol. The number of nitrogens with one attached hydrogen (secondary N) is 1. The summed E-state index contributed by atoms with van der Waals surface area (Å²) in [6.45, 7) is 2.47. The van der Waals surface area contributed by atoms with Crippen molar-refractivity contribution in [2.24, 2.45) is 0 Å². The van der Waals surface area contributed by atoms with E-state index >= 15 is 0 Å². The minimum atomic E-state index is -0.0892. The van der Waals surface area contributed by atoms with Crippen LogP contribution >= 0.6 is 12.6 Å². The molecule has 0 atom stereocenters. The lowest BCUT2D eigenvalue weighted by molar-refractivity contribution is 0.0955. The Hall–Kier alpha value is -1.22. The molecule has 0 aliphatic heterocycles. The largest absolute Gasteiger partial charge is 0.349 e. The van der Waals surface area contributed by atoms with Gasteiger partial charge in [-0.25, -0.2) is 0 Å². The molecule has 1 aromatic rings. The molecule has 0 heterocycles. The molecule has 0 radical (unpaired) electrons. The summed E-state index contributed by atoms with van der Waals surface area (Å²) in [5, 5.41) is 2.77. The van der Waals surface area contributed by atoms with Gasteiger partial charge in [0.25, 0.3) is 5.91 Å². The van der Waals surface area contributed by atoms with Gasteiger partial charge in [-0.1, -0.05) is 24.3 Å². The Morgan fingerprint density at radius 2 is 2.21 bits per heavy atom. The maximum Gasteiger partial charge on any atom is 0.252 e. The number of thiol groups is 1. The molecule has 1 rings (SSSR count). The standard InChI is InChI=1S/C11H13NOS/c1-2-3-8-12-11(13)9-6-4-5-7-10(9)14/h2-7,14H,8H2,1H3,(H,12,13)/b3-2+. The lowest BCUT2D eigenvalue weighted by atomic mass is 10.2. The topological polar surface area (TPSA) is 29.1 Å². The van der Waals surface area contributed by atoms with Gasteiger partial charge in [0.05, 0.1) is 5.56 Å². The second-order valence-electron chi connectivity index (χ2n) is 2.80. The van der Waals surface area contributed by atoms with E-state index in [2.05, 4.69) is 17.9 Å². The van der Waals surface area contributed by atoms with Crippen LogP contribution in [-0.4, -0.2) is 12.5 Å². The highest BCUT2D eigenvalue weighted by Crippen LogP contribution is 2.12. The fraction of sp³-hybridized carbons (Fsp3) is 0.182. The van der Waals surface area contributed by atoms with Crippen LogP contribution in [0, 0.1) is 0 Å². The number of hydrogen-bond donors (Lipinski definition) is 2. The fourth-order valence-corrected chi connectivity index (χ4v) is 1.29. The van der Waals surface area contributed by atoms with E-state index in [9.17, 15) is 4.79 Å². The molecule has 74 valence electrons. The molecule has 3 heteroatoms. The van der Waals surface area contributed by atoms with E-state index in [1.54, 1.807) is 12.1 Å². The molecule has 0 unspecified atom stereocenters. The first kappa shape index (κ1) is 10.9. The normalized spacial score (nSPS) is 10.4. The zero-order valence-corrected chi connectivity index (χ0v) is 8.92. The number of carbonyl (C=O) groups excluding carboxylic acids is 1. The van der Waals surface area contributed by atoms with E-state index in [0.29, 0.717) is 17.0 Å². The summed E-state index contributed by atoms with van der Waals surface area (Å²) in [6.07, 6.45) is 3.78. The van der Waals surface area contributed by atoms with E-state index in [1.165, 1.54) is 0 Å². The Balaban J connectivity index is 2.65. The lowest BCUT2D eigenvalue weighted by Crippen LogP contribution is -2.23. The number of benzene rings is 1. The summed E-state index contributed by atoms with van der Waals surface area (Å²) in [7, 11) is 0. The molecule has 0 saturated carbocycles. The van der Waals surface area contributed by atoms with E-state index < -0.39 is 0 Å². The van der Waals surface area contributed by atoms with Crippen molar-refractivity contribution < 1.29 is 4.79 Å². The third-order valence-electron chi connectivity index (χ3n) is 1.76. The van der Waals surface area contributed by atoms with Crippen molar-refractivity contribution in [3.8, 4) is 0 Å². The number of allylic oxidation sites excluding steroid dienone is 1. The molecular formula is C11H13NOS. The third kappa shape index (κ3) is 2.92. The van der Waals surface area contributed by atoms with Crippen molar-refractivity contribution in [1.82, 2.24) is 5.32 Å². The van der Waals surface area contributed by atoms with E-state index in [0.717, 1.165) is 0 Å². The fourth-order valence-electron chi connectivity index (χ4n) is 1.03. The van der Waals surface area contributed by atoms with E-state index in [4.69, 9.17) is 0 Å². The van der Waals surface area contributed by atoms with Gasteiger partial charge in [-0.05, 0) is 19.1 Å². The molecule has 1 N–H and O–H groups in total. The molecule has 0 bridgehead atoms. The third-order valence-corrected chi connectivity index (χ3v) is 2.15. The molecule has 0 saturated heterocycles. The van der Waals surface area contributed by atoms with Gasteiger partial charge in [-0.2, -0.15) is 0 Å². The van der Waals surface area contributed by atoms with Gasteiger partial charge in [-0.15, -0.1) is 12.6 Å². The summed E-state index contributed by atoms with van der Waals surface area (Å²) in [5.41, 5.74) is 0.611. The molecular weight excluding hydrogens is 194 g/mol. The van der Waals surface area contributed by atoms with Gasteiger partial charge < -0.3 is 5.32 Å². The summed E-state index contributed by atoms with van der Waals surface area (Å²) in [4.78, 5) is 12.2. The zero-order chi connectivity index (χ0) is 10.4. The average molecular weight is 207 g/mol. The predicted octanol–water partition coefficient (Wildman–Crippen LogP) is 2.28. The van der Waals surface area contributed by atoms with Gasteiger partial charge in [-0.3, -0.25) is 4.79 Å². The molecule has 0 spiro atoms. The van der Waals surface area contributed by atoms with Crippen LogP contribution < -0.4 is 5.32 Å². The SMILES string of the molecule is C/C=C/CNC(=O)c1ccccc1S. The summed E-state index contributed by atoms with van der Waals surface area (Å²) in [5.74, 6) is -0.0892. The van der Waals surface area contributed by atoms with Crippen LogP contribution in [0.15, 0.2) is 41.3 Å². The van der Waals surface area contributed by atoms with Crippen molar-refractivity contribution in [3.63, 3.8) is 0 Å². The minimum Gasteiger partial charge on any atom is -0.349 e. The van der Waals surface area contributed by atoms with E-state index in [-0.39, 0.29) is 5.91 Å². The van der Waals surface area contributed by atoms with Gasteiger partial charge in [0.15, 0.2) is 0 Å². The average Bonchev–Trinajstić information content (AvgIpc) is 2.18. The number of hydrogen-bond acceptors (Lipinski definition) is 2. The molecule has 0 aliphatic carbocycles. The van der Waals surface area contributed by atoms with E-state index in [1.807, 2.05) is 31.2 Å². The molecule has 1 aromatic carbocycles. The molecule has 1 amide bonds. The van der Waals surface area contributed by atoms with Crippen LogP contribution in [0.3, 0.4) is 0 Å². The Bertz CT molecular complexity index is 347. The lowest BCUT2D eigenvalue weighted by Gasteiger charge is -2.04. The van der Waals surface area contributed by atoms with Crippen molar-refractivity contribution in [2.45, 2.75) is 11.8 Å². The number of carbonyl (C=O) groups is 1. The van der Waals surface area contributed by atoms with Gasteiger partial charge in [0.2, 0.25) is 0 Å². The van der Waals surface area contributed by atoms with Gasteiger partial charge >= 0.3 is 0 Å². The number of amides is 1. The van der Waals surface area contributed by atoms with Crippen LogP contribution in [0.1, 0.15) is 17.3 Å². The summed E-state index contributed by atoms with van der Waals surface area (Å²) >= 11 is 4.20. The summed E-state index contributed by atoms with van der Waals surface area (Å²) in [6, 6.07) is 7.23. The molecule has 0 aliphatic rings. The van der Waals surface area contributed by atoms with Crippen LogP contribution in [0.4, 0.5) is 0 Å². The monoisotopic (exact) mass is 207 g/mol. The van der Waals surface area contributed by atoms with Crippen LogP contribution in [0.5, 0.6) is 0 Å². The van der Waals surface area contributed by atoms with Crippen LogP contribution in [-0.2, 0) is 0 Å². The Morgan fingerprint density at radius 1 is 1.50 bits per heavy atom. The molecule has 2 nitrogen and oxygen atoms in total. The second kappa shape index (κ2) is 5.50. The summed E-state index contributed by atoms with van der Waals surface area (Å²) < 4.78 is 0. The van der Waals surface area contributed by atoms with Crippen molar-refractivity contribution in [2.75, 3.05) is 6.54 Å². The Morgan fingerprint density at radius 3 is 2.86 bits per heavy atom. The van der Waals surface area contributed by atoms with Gasteiger partial charge in [0.1, 0.15) is 0 Å². The highest BCUT2D eigenvalue weighted by molar-refractivity contribution is 7.80. The Labute approximate surface area is 89.4 Å². The van der Waals surface area contributed by atoms with Gasteiger partial charge in [0, 0.05) is 11.4 Å². The minimum absolute atomic E-state index is 0.0892. The zero-order valence-electron chi connectivity index (χ0n) is 8.03. The first-order valence-corrected chi connectivity index (χ1v) is 4.87. The second-order valence-corrected chi connectivity index (χ2v) is 3.28. The molecule has 0 fully saturated rings. The first-order chi connectivity index (χ1) is 6.75. The van der Waals surface area contributed by atoms with Crippen molar-refractivity contribution in [3.05, 3.63) is 42.0 Å². The Kier molecular flexibility index (Phi) is 4.26. The quantitative estimate of drug-likeness (QED) is 0.578. The molecule has 0 aromatic heterocycles. The first-order valence-electron chi connectivity index (χ1n) is 4.43. The smallest absolute Gasteiger partial charge is 0.252 e. The number of rotatable bonds is 3. The van der Waals surface area contributed by atoms with Crippen LogP contribution in [0.25, 0.3) is 0 Å².